The van der Waals surface area contributed by atoms with Crippen LogP contribution in [0.5, 0.6) is 0 Å². The first-order valence-corrected chi connectivity index (χ1v) is 6.05. The molecule has 0 radical (unpaired) electrons. The van der Waals surface area contributed by atoms with Crippen molar-refractivity contribution in [1.29, 1.82) is 0 Å². The molecule has 0 fully saturated rings. The molecule has 1 unspecified atom stereocenters. The third-order valence-corrected chi connectivity index (χ3v) is 3.49. The molecule has 0 saturated heterocycles. The van der Waals surface area contributed by atoms with Gasteiger partial charge in [-0.05, 0) is 31.9 Å². The Bertz CT molecular complexity index is 326. The highest BCUT2D eigenvalue weighted by Crippen LogP contribution is 2.24. The molecule has 0 aromatic heterocycles. The Morgan fingerprint density at radius 3 is 2.13 bits per heavy atom. The normalized spacial score (nSPS) is 12.3. The Morgan fingerprint density at radius 2 is 1.67 bits per heavy atom. The maximum Gasteiger partial charge on any atom is 0.0342 e. The summed E-state index contributed by atoms with van der Waals surface area (Å²) in [5.41, 5.74) is 3.94. The van der Waals surface area contributed by atoms with E-state index in [1.165, 1.54) is 16.6 Å². The Morgan fingerprint density at radius 1 is 1.13 bits per heavy atom. The summed E-state index contributed by atoms with van der Waals surface area (Å²) >= 11 is 0. The molecular weight excluding hydrogens is 201 g/mol. The molecular formula is C13H20NP. The first-order chi connectivity index (χ1) is 7.20. The van der Waals surface area contributed by atoms with Crippen LogP contribution in [0.4, 0.5) is 0 Å². The number of hydrogen-bond donors (Lipinski definition) is 0. The second-order valence-electron chi connectivity index (χ2n) is 3.55. The van der Waals surface area contributed by atoms with Gasteiger partial charge in [0.2, 0.25) is 0 Å². The van der Waals surface area contributed by atoms with E-state index in [1.54, 1.807) is 0 Å². The zero-order chi connectivity index (χ0) is 11.3. The Kier molecular flexibility index (Phi) is 4.84. The lowest BCUT2D eigenvalue weighted by atomic mass is 10.1. The van der Waals surface area contributed by atoms with Gasteiger partial charge in [-0.15, -0.1) is 0 Å². The van der Waals surface area contributed by atoms with Crippen LogP contribution in [0.25, 0.3) is 5.57 Å². The maximum absolute atomic E-state index is 2.86. The van der Waals surface area contributed by atoms with E-state index in [0.29, 0.717) is 0 Å². The molecule has 1 nitrogen and oxygen atoms in total. The van der Waals surface area contributed by atoms with Crippen molar-refractivity contribution < 1.29 is 0 Å². The summed E-state index contributed by atoms with van der Waals surface area (Å²) in [5, 5.41) is 0. The largest absolute Gasteiger partial charge is 0.372 e. The molecule has 1 aromatic carbocycles. The molecule has 0 aliphatic carbocycles. The molecule has 0 amide bonds. The number of hydrogen-bond acceptors (Lipinski definition) is 1. The van der Waals surface area contributed by atoms with Crippen LogP contribution in [-0.2, 0) is 0 Å². The van der Waals surface area contributed by atoms with Gasteiger partial charge in [0.15, 0.2) is 0 Å². The average molecular weight is 221 g/mol. The minimum absolute atomic E-state index is 1.06. The fourth-order valence-corrected chi connectivity index (χ4v) is 2.17. The zero-order valence-corrected chi connectivity index (χ0v) is 11.0. The minimum Gasteiger partial charge on any atom is -0.372 e. The van der Waals surface area contributed by atoms with Crippen molar-refractivity contribution in [2.45, 2.75) is 20.8 Å². The molecule has 0 saturated carbocycles. The molecule has 0 N–H and O–H groups in total. The van der Waals surface area contributed by atoms with Crippen molar-refractivity contribution in [3.05, 3.63) is 41.3 Å². The van der Waals surface area contributed by atoms with E-state index in [2.05, 4.69) is 65.2 Å². The van der Waals surface area contributed by atoms with Gasteiger partial charge in [0.1, 0.15) is 0 Å². The Hall–Kier alpha value is -0.810. The molecule has 82 valence electrons. The van der Waals surface area contributed by atoms with Crippen LogP contribution in [0.3, 0.4) is 0 Å². The lowest BCUT2D eigenvalue weighted by molar-refractivity contribution is 0.410. The van der Waals surface area contributed by atoms with Crippen LogP contribution in [0.2, 0.25) is 0 Å². The van der Waals surface area contributed by atoms with E-state index >= 15 is 0 Å². The zero-order valence-electron chi connectivity index (χ0n) is 9.83. The van der Waals surface area contributed by atoms with Crippen molar-refractivity contribution in [2.75, 3.05) is 13.1 Å². The van der Waals surface area contributed by atoms with Crippen LogP contribution in [0, 0.1) is 0 Å². The third-order valence-electron chi connectivity index (χ3n) is 2.70. The van der Waals surface area contributed by atoms with E-state index in [4.69, 9.17) is 0 Å². The molecule has 2 heteroatoms. The van der Waals surface area contributed by atoms with Crippen LogP contribution in [0.1, 0.15) is 26.3 Å². The molecule has 1 rings (SSSR count). The third kappa shape index (κ3) is 3.07. The quantitative estimate of drug-likeness (QED) is 0.702. The van der Waals surface area contributed by atoms with Gasteiger partial charge in [-0.25, -0.2) is 0 Å². The Balaban J connectivity index is 2.99. The van der Waals surface area contributed by atoms with Crippen LogP contribution in [0.15, 0.2) is 35.8 Å². The monoisotopic (exact) mass is 221 g/mol. The highest BCUT2D eigenvalue weighted by Gasteiger charge is 2.05. The molecule has 1 aromatic rings. The second kappa shape index (κ2) is 5.92. The average Bonchev–Trinajstić information content (AvgIpc) is 2.30. The van der Waals surface area contributed by atoms with Gasteiger partial charge in [0.25, 0.3) is 0 Å². The van der Waals surface area contributed by atoms with E-state index in [1.807, 2.05) is 0 Å². The fourth-order valence-electron chi connectivity index (χ4n) is 1.64. The standard InChI is InChI=1S/C13H20NP/c1-4-14(5-2)13(15)11(3)12-9-7-6-8-10-12/h6-10H,4-5,15H2,1-3H3. The van der Waals surface area contributed by atoms with Gasteiger partial charge < -0.3 is 4.90 Å². The first-order valence-electron chi connectivity index (χ1n) is 5.47. The Labute approximate surface area is 95.4 Å². The molecule has 15 heavy (non-hydrogen) atoms. The molecule has 0 aliphatic rings. The molecule has 0 aliphatic heterocycles. The van der Waals surface area contributed by atoms with E-state index < -0.39 is 0 Å². The molecule has 0 bridgehead atoms. The second-order valence-corrected chi connectivity index (χ2v) is 4.10. The molecule has 0 spiro atoms. The van der Waals surface area contributed by atoms with Gasteiger partial charge in [0, 0.05) is 18.5 Å². The summed E-state index contributed by atoms with van der Waals surface area (Å²) in [6, 6.07) is 10.5. The highest BCUT2D eigenvalue weighted by molar-refractivity contribution is 7.22. The number of rotatable bonds is 4. The van der Waals surface area contributed by atoms with Crippen LogP contribution >= 0.6 is 9.24 Å². The fraction of sp³-hybridized carbons (Fsp3) is 0.385. The predicted molar refractivity (Wildman–Crippen MR) is 71.7 cm³/mol. The van der Waals surface area contributed by atoms with Crippen molar-refractivity contribution in [3.8, 4) is 0 Å². The molecule has 1 atom stereocenters. The topological polar surface area (TPSA) is 3.24 Å². The first kappa shape index (κ1) is 12.3. The summed E-state index contributed by atoms with van der Waals surface area (Å²) in [5.74, 6) is 0. The van der Waals surface area contributed by atoms with Gasteiger partial charge in [-0.3, -0.25) is 0 Å². The van der Waals surface area contributed by atoms with Gasteiger partial charge in [0.05, 0.1) is 0 Å². The predicted octanol–water partition coefficient (Wildman–Crippen LogP) is 3.59. The van der Waals surface area contributed by atoms with Gasteiger partial charge in [-0.2, -0.15) is 0 Å². The lowest BCUT2D eigenvalue weighted by Gasteiger charge is -2.23. The summed E-state index contributed by atoms with van der Waals surface area (Å²) < 4.78 is 0. The lowest BCUT2D eigenvalue weighted by Crippen LogP contribution is -2.19. The van der Waals surface area contributed by atoms with E-state index in [0.717, 1.165) is 13.1 Å². The minimum atomic E-state index is 1.06. The maximum atomic E-state index is 2.86. The summed E-state index contributed by atoms with van der Waals surface area (Å²) in [6.45, 7) is 8.66. The van der Waals surface area contributed by atoms with Crippen molar-refractivity contribution in [2.24, 2.45) is 0 Å². The number of benzene rings is 1. The van der Waals surface area contributed by atoms with Crippen molar-refractivity contribution in [3.63, 3.8) is 0 Å². The molecule has 0 heterocycles. The number of allylic oxidation sites excluding steroid dienone is 1. The van der Waals surface area contributed by atoms with E-state index in [-0.39, 0.29) is 0 Å². The highest BCUT2D eigenvalue weighted by atomic mass is 31.0. The smallest absolute Gasteiger partial charge is 0.0342 e. The summed E-state index contributed by atoms with van der Waals surface area (Å²) in [7, 11) is 2.86. The van der Waals surface area contributed by atoms with Crippen LogP contribution < -0.4 is 0 Å². The van der Waals surface area contributed by atoms with Crippen molar-refractivity contribution in [1.82, 2.24) is 4.90 Å². The van der Waals surface area contributed by atoms with Gasteiger partial charge in [-0.1, -0.05) is 39.6 Å². The SMILES string of the molecule is CCN(CC)C(P)=C(C)c1ccccc1. The summed E-state index contributed by atoms with van der Waals surface area (Å²) in [4.78, 5) is 2.35. The summed E-state index contributed by atoms with van der Waals surface area (Å²) in [6.07, 6.45) is 0. The van der Waals surface area contributed by atoms with E-state index in [9.17, 15) is 0 Å². The van der Waals surface area contributed by atoms with Crippen molar-refractivity contribution >= 4 is 14.8 Å². The number of nitrogens with zero attached hydrogens (tertiary/aromatic N) is 1. The van der Waals surface area contributed by atoms with Gasteiger partial charge >= 0.3 is 0 Å². The van der Waals surface area contributed by atoms with Crippen LogP contribution in [-0.4, -0.2) is 18.0 Å².